The summed E-state index contributed by atoms with van der Waals surface area (Å²) in [6.45, 7) is -0.702. The maximum absolute atomic E-state index is 12.9. The number of aromatic nitrogens is 4. The van der Waals surface area contributed by atoms with E-state index in [1.807, 2.05) is 17.9 Å². The van der Waals surface area contributed by atoms with Gasteiger partial charge in [-0.05, 0) is 30.7 Å². The van der Waals surface area contributed by atoms with Gasteiger partial charge in [0.2, 0.25) is 11.7 Å². The van der Waals surface area contributed by atoms with Gasteiger partial charge in [0, 0.05) is 56.2 Å². The summed E-state index contributed by atoms with van der Waals surface area (Å²) in [7, 11) is 1.62. The smallest absolute Gasteiger partial charge is 0.387 e. The highest BCUT2D eigenvalue weighted by molar-refractivity contribution is 6.36. The van der Waals surface area contributed by atoms with Crippen LogP contribution in [-0.4, -0.2) is 79.9 Å². The van der Waals surface area contributed by atoms with Crippen LogP contribution >= 0.6 is 0 Å². The molecule has 4 aromatic rings. The Labute approximate surface area is 233 Å². The number of para-hydroxylation sites is 1. The molecule has 3 heterocycles. The van der Waals surface area contributed by atoms with Crippen molar-refractivity contribution in [1.82, 2.24) is 24.2 Å². The Hall–Kier alpha value is -4.65. The molecule has 1 aliphatic heterocycles. The lowest BCUT2D eigenvalue weighted by atomic mass is 10.1. The van der Waals surface area contributed by atoms with Gasteiger partial charge in [-0.1, -0.05) is 24.3 Å². The van der Waals surface area contributed by atoms with Gasteiger partial charge >= 0.3 is 6.61 Å². The van der Waals surface area contributed by atoms with Crippen molar-refractivity contribution in [3.63, 3.8) is 0 Å². The quantitative estimate of drug-likeness (QED) is 0.322. The normalized spacial score (nSPS) is 15.5. The zero-order chi connectivity index (χ0) is 29.3. The van der Waals surface area contributed by atoms with Crippen molar-refractivity contribution in [2.45, 2.75) is 26.1 Å². The number of ether oxygens (including phenoxy) is 1. The molecule has 2 aromatic carbocycles. The Bertz CT molecular complexity index is 1650. The van der Waals surface area contributed by atoms with Gasteiger partial charge in [-0.3, -0.25) is 23.7 Å². The highest BCUT2D eigenvalue weighted by atomic mass is 19.3. The van der Waals surface area contributed by atoms with Crippen LogP contribution in [0.4, 0.5) is 14.7 Å². The van der Waals surface area contributed by atoms with Crippen LogP contribution in [-0.2, 0) is 23.2 Å². The van der Waals surface area contributed by atoms with Crippen molar-refractivity contribution in [2.24, 2.45) is 7.05 Å². The maximum Gasteiger partial charge on any atom is 0.387 e. The van der Waals surface area contributed by atoms with Crippen molar-refractivity contribution < 1.29 is 28.2 Å². The Morgan fingerprint density at radius 1 is 1.10 bits per heavy atom. The third kappa shape index (κ3) is 5.53. The Morgan fingerprint density at radius 2 is 1.83 bits per heavy atom. The number of halogens is 2. The highest BCUT2D eigenvalue weighted by Gasteiger charge is 2.31. The molecule has 2 aromatic heterocycles. The number of fused-ring (bicyclic) bond motifs is 1. The van der Waals surface area contributed by atoms with E-state index in [-0.39, 0.29) is 23.9 Å². The first-order chi connectivity index (χ1) is 19.7. The maximum atomic E-state index is 12.9. The van der Waals surface area contributed by atoms with E-state index in [0.29, 0.717) is 47.6 Å². The number of anilines is 1. The number of alkyl halides is 2. The van der Waals surface area contributed by atoms with E-state index < -0.39 is 24.9 Å². The fourth-order valence-corrected chi connectivity index (χ4v) is 5.05. The number of rotatable bonds is 8. The largest absolute Gasteiger partial charge is 0.434 e. The number of piperazine rings is 1. The monoisotopic (exact) mass is 566 g/mol. The molecule has 1 atom stereocenters. The second-order valence-corrected chi connectivity index (χ2v) is 9.75. The first-order valence-electron chi connectivity index (χ1n) is 12.9. The summed E-state index contributed by atoms with van der Waals surface area (Å²) in [6, 6.07) is 11.5. The van der Waals surface area contributed by atoms with Crippen molar-refractivity contribution in [3.05, 3.63) is 70.8 Å². The molecule has 0 aliphatic carbocycles. The minimum atomic E-state index is -2.97. The van der Waals surface area contributed by atoms with Gasteiger partial charge in [0.05, 0.1) is 17.4 Å². The van der Waals surface area contributed by atoms with E-state index in [1.54, 1.807) is 54.5 Å². The van der Waals surface area contributed by atoms with Crippen LogP contribution in [0.2, 0.25) is 0 Å². The van der Waals surface area contributed by atoms with Crippen molar-refractivity contribution >= 4 is 28.5 Å². The summed E-state index contributed by atoms with van der Waals surface area (Å²) in [5.74, 6) is -1.03. The second kappa shape index (κ2) is 11.5. The molecule has 0 saturated carbocycles. The van der Waals surface area contributed by atoms with Gasteiger partial charge in [-0.25, -0.2) is 9.97 Å². The lowest BCUT2D eigenvalue weighted by Gasteiger charge is -2.39. The number of aliphatic hydroxyl groups excluding tert-OH is 1. The van der Waals surface area contributed by atoms with Crippen molar-refractivity contribution in [2.75, 3.05) is 31.1 Å². The zero-order valence-corrected chi connectivity index (χ0v) is 22.4. The number of amides is 1. The van der Waals surface area contributed by atoms with Gasteiger partial charge in [0.25, 0.3) is 11.5 Å². The number of carbonyl (C=O) groups excluding carboxylic acids is 2. The summed E-state index contributed by atoms with van der Waals surface area (Å²) in [4.78, 5) is 49.1. The van der Waals surface area contributed by atoms with E-state index in [2.05, 4.69) is 14.7 Å². The molecule has 41 heavy (non-hydrogen) atoms. The summed E-state index contributed by atoms with van der Waals surface area (Å²) in [5.41, 5.74) is 2.34. The lowest BCUT2D eigenvalue weighted by Crippen LogP contribution is -2.56. The number of hydrogen-bond acceptors (Lipinski definition) is 8. The standard InChI is InChI=1S/C28H28F2N6O5/c1-17-14-34(9-10-35(17)26(40)23(38)16-37)28-31-12-20(13-32-28)18-7-8-21-22(11-18)36(33(2)25(21)39)15-19-5-3-4-6-24(19)41-27(29)30/h3-8,11-13,17,27,37H,9-10,14-16H2,1-2H3/t17-/m1/s1. The molecule has 1 fully saturated rings. The molecule has 11 nitrogen and oxygen atoms in total. The van der Waals surface area contributed by atoms with Gasteiger partial charge in [-0.2, -0.15) is 8.78 Å². The average molecular weight is 567 g/mol. The van der Waals surface area contributed by atoms with Crippen LogP contribution in [0.25, 0.3) is 22.0 Å². The van der Waals surface area contributed by atoms with E-state index in [0.717, 1.165) is 5.56 Å². The first-order valence-corrected chi connectivity index (χ1v) is 12.9. The minimum absolute atomic E-state index is 0.0384. The summed E-state index contributed by atoms with van der Waals surface area (Å²) < 4.78 is 33.7. The lowest BCUT2D eigenvalue weighted by molar-refractivity contribution is -0.147. The van der Waals surface area contributed by atoms with Crippen LogP contribution in [0.5, 0.6) is 5.75 Å². The SMILES string of the molecule is C[C@@H]1CN(c2ncc(-c3ccc4c(=O)n(C)n(Cc5ccccc5OC(F)F)c4c3)cn2)CCN1C(=O)C(=O)CO. The number of ketones is 1. The highest BCUT2D eigenvalue weighted by Crippen LogP contribution is 2.27. The third-order valence-corrected chi connectivity index (χ3v) is 7.20. The summed E-state index contributed by atoms with van der Waals surface area (Å²) >= 11 is 0. The van der Waals surface area contributed by atoms with Gasteiger partial charge in [0.1, 0.15) is 12.4 Å². The van der Waals surface area contributed by atoms with Crippen LogP contribution in [0, 0.1) is 0 Å². The number of nitrogens with zero attached hydrogens (tertiary/aromatic N) is 6. The predicted octanol–water partition coefficient (Wildman–Crippen LogP) is 2.05. The number of aliphatic hydroxyl groups is 1. The molecular formula is C28H28F2N6O5. The Morgan fingerprint density at radius 3 is 2.51 bits per heavy atom. The fraction of sp³-hybridized carbons (Fsp3) is 0.321. The number of Topliss-reactive ketones (excluding diaryl/α,β-unsaturated/α-hetero) is 1. The second-order valence-electron chi connectivity index (χ2n) is 9.75. The van der Waals surface area contributed by atoms with Gasteiger partial charge < -0.3 is 19.6 Å². The molecule has 0 bridgehead atoms. The molecule has 0 unspecified atom stereocenters. The molecule has 1 saturated heterocycles. The molecule has 0 spiro atoms. The minimum Gasteiger partial charge on any atom is -0.434 e. The van der Waals surface area contributed by atoms with Gasteiger partial charge in [0.15, 0.2) is 0 Å². The zero-order valence-electron chi connectivity index (χ0n) is 22.4. The van der Waals surface area contributed by atoms with E-state index in [1.165, 1.54) is 15.6 Å². The summed E-state index contributed by atoms with van der Waals surface area (Å²) in [6.07, 6.45) is 3.33. The molecule has 1 N–H and O–H groups in total. The topological polar surface area (TPSA) is 123 Å². The molecule has 1 aliphatic rings. The first kappa shape index (κ1) is 27.9. The van der Waals surface area contributed by atoms with Crippen LogP contribution in [0.3, 0.4) is 0 Å². The number of carbonyl (C=O) groups is 2. The Balaban J connectivity index is 1.39. The van der Waals surface area contributed by atoms with E-state index >= 15 is 0 Å². The summed E-state index contributed by atoms with van der Waals surface area (Å²) in [5, 5.41) is 9.46. The average Bonchev–Trinajstić information content (AvgIpc) is 3.21. The molecule has 0 radical (unpaired) electrons. The predicted molar refractivity (Wildman–Crippen MR) is 146 cm³/mol. The Kier molecular flexibility index (Phi) is 7.79. The van der Waals surface area contributed by atoms with Crippen LogP contribution in [0.1, 0.15) is 12.5 Å². The third-order valence-electron chi connectivity index (χ3n) is 7.20. The fourth-order valence-electron chi connectivity index (χ4n) is 5.05. The van der Waals surface area contributed by atoms with E-state index in [9.17, 15) is 23.2 Å². The van der Waals surface area contributed by atoms with Crippen molar-refractivity contribution in [1.29, 1.82) is 0 Å². The number of benzene rings is 2. The molecular weight excluding hydrogens is 538 g/mol. The molecule has 5 rings (SSSR count). The van der Waals surface area contributed by atoms with Gasteiger partial charge in [-0.15, -0.1) is 0 Å². The molecule has 1 amide bonds. The number of hydrogen-bond donors (Lipinski definition) is 1. The van der Waals surface area contributed by atoms with Crippen molar-refractivity contribution in [3.8, 4) is 16.9 Å². The van der Waals surface area contributed by atoms with E-state index in [4.69, 9.17) is 5.11 Å². The molecule has 214 valence electrons. The van der Waals surface area contributed by atoms with Crippen LogP contribution in [0.15, 0.2) is 59.7 Å². The molecule has 13 heteroatoms. The van der Waals surface area contributed by atoms with Crippen LogP contribution < -0.4 is 15.2 Å².